The van der Waals surface area contributed by atoms with Crippen LogP contribution in [0.25, 0.3) is 0 Å². The molecule has 0 heterocycles. The van der Waals surface area contributed by atoms with E-state index >= 15 is 0 Å². The van der Waals surface area contributed by atoms with E-state index in [0.717, 1.165) is 11.5 Å². The van der Waals surface area contributed by atoms with Crippen molar-refractivity contribution < 1.29 is 4.39 Å². The number of likely N-dealkylation sites (N-methyl/N-ethyl adjacent to an activating group) is 1. The number of benzene rings is 2. The highest BCUT2D eigenvalue weighted by molar-refractivity contribution is 5.79. The molecule has 0 radical (unpaired) electrons. The Hall–Kier alpha value is -2.40. The summed E-state index contributed by atoms with van der Waals surface area (Å²) in [5, 5.41) is 6.66. The molecule has 0 aliphatic carbocycles. The zero-order valence-corrected chi connectivity index (χ0v) is 15.4. The number of guanidine groups is 1. The van der Waals surface area contributed by atoms with Gasteiger partial charge >= 0.3 is 0 Å². The van der Waals surface area contributed by atoms with Crippen molar-refractivity contribution in [2.24, 2.45) is 4.99 Å². The summed E-state index contributed by atoms with van der Waals surface area (Å²) in [7, 11) is 5.72. The van der Waals surface area contributed by atoms with Gasteiger partial charge < -0.3 is 15.5 Å². The monoisotopic (exact) mass is 342 g/mol. The Morgan fingerprint density at radius 2 is 1.88 bits per heavy atom. The van der Waals surface area contributed by atoms with E-state index in [-0.39, 0.29) is 11.9 Å². The predicted octanol–water partition coefficient (Wildman–Crippen LogP) is 3.10. The highest BCUT2D eigenvalue weighted by Crippen LogP contribution is 2.18. The second kappa shape index (κ2) is 9.18. The third-order valence-electron chi connectivity index (χ3n) is 4.25. The van der Waals surface area contributed by atoms with Crippen LogP contribution in [0.15, 0.2) is 53.5 Å². The first kappa shape index (κ1) is 18.9. The van der Waals surface area contributed by atoms with Crippen LogP contribution < -0.4 is 10.6 Å². The van der Waals surface area contributed by atoms with Gasteiger partial charge in [0.15, 0.2) is 5.96 Å². The molecule has 134 valence electrons. The third-order valence-corrected chi connectivity index (χ3v) is 4.25. The van der Waals surface area contributed by atoms with E-state index in [1.807, 2.05) is 32.3 Å². The van der Waals surface area contributed by atoms with Crippen molar-refractivity contribution in [3.05, 3.63) is 71.0 Å². The molecule has 5 heteroatoms. The highest BCUT2D eigenvalue weighted by Gasteiger charge is 2.15. The van der Waals surface area contributed by atoms with Gasteiger partial charge in [0.05, 0.1) is 6.04 Å². The van der Waals surface area contributed by atoms with E-state index in [0.29, 0.717) is 13.1 Å². The molecular formula is C20H27FN4. The zero-order valence-electron chi connectivity index (χ0n) is 15.4. The summed E-state index contributed by atoms with van der Waals surface area (Å²) in [4.78, 5) is 6.34. The predicted molar refractivity (Wildman–Crippen MR) is 102 cm³/mol. The Morgan fingerprint density at radius 3 is 2.52 bits per heavy atom. The topological polar surface area (TPSA) is 39.7 Å². The smallest absolute Gasteiger partial charge is 0.191 e. The lowest BCUT2D eigenvalue weighted by Gasteiger charge is -2.26. The van der Waals surface area contributed by atoms with Gasteiger partial charge in [-0.25, -0.2) is 4.39 Å². The molecule has 4 nitrogen and oxygen atoms in total. The van der Waals surface area contributed by atoms with E-state index in [1.54, 1.807) is 19.2 Å². The molecule has 0 bridgehead atoms. The van der Waals surface area contributed by atoms with Crippen molar-refractivity contribution in [1.82, 2.24) is 15.5 Å². The molecule has 2 aromatic rings. The molecule has 0 aromatic heterocycles. The molecule has 2 rings (SSSR count). The summed E-state index contributed by atoms with van der Waals surface area (Å²) in [6.45, 7) is 3.43. The van der Waals surface area contributed by atoms with Crippen LogP contribution in [0.3, 0.4) is 0 Å². The van der Waals surface area contributed by atoms with E-state index < -0.39 is 0 Å². The number of hydrogen-bond acceptors (Lipinski definition) is 2. The number of aliphatic imine (C=N–C) groups is 1. The van der Waals surface area contributed by atoms with Gasteiger partial charge in [0.1, 0.15) is 5.82 Å². The van der Waals surface area contributed by atoms with Crippen molar-refractivity contribution in [1.29, 1.82) is 0 Å². The maximum atomic E-state index is 13.5. The molecule has 0 spiro atoms. The third kappa shape index (κ3) is 5.57. The first-order valence-electron chi connectivity index (χ1n) is 8.42. The molecule has 0 saturated carbocycles. The molecule has 0 saturated heterocycles. The van der Waals surface area contributed by atoms with Gasteiger partial charge in [0.25, 0.3) is 0 Å². The van der Waals surface area contributed by atoms with Gasteiger partial charge in [-0.1, -0.05) is 36.4 Å². The second-order valence-electron chi connectivity index (χ2n) is 6.27. The zero-order chi connectivity index (χ0) is 18.2. The number of nitrogens with zero attached hydrogens (tertiary/aromatic N) is 2. The molecule has 1 atom stereocenters. The summed E-state index contributed by atoms with van der Waals surface area (Å²) < 4.78 is 13.5. The Labute approximate surface area is 149 Å². The van der Waals surface area contributed by atoms with Gasteiger partial charge in [-0.05, 0) is 49.8 Å². The lowest BCUT2D eigenvalue weighted by molar-refractivity contribution is 0.297. The first-order valence-corrected chi connectivity index (χ1v) is 8.42. The van der Waals surface area contributed by atoms with Crippen molar-refractivity contribution in [3.8, 4) is 0 Å². The van der Waals surface area contributed by atoms with Crippen LogP contribution in [0, 0.1) is 12.7 Å². The number of nitrogens with one attached hydrogen (secondary N) is 2. The fraction of sp³-hybridized carbons (Fsp3) is 0.350. The van der Waals surface area contributed by atoms with Crippen LogP contribution in [0.2, 0.25) is 0 Å². The van der Waals surface area contributed by atoms with Gasteiger partial charge in [0, 0.05) is 20.1 Å². The highest BCUT2D eigenvalue weighted by atomic mass is 19.1. The molecule has 2 aromatic carbocycles. The molecule has 1 unspecified atom stereocenters. The Bertz CT molecular complexity index is 712. The fourth-order valence-electron chi connectivity index (χ4n) is 2.71. The lowest BCUT2D eigenvalue weighted by Crippen LogP contribution is -2.41. The molecule has 0 amide bonds. The van der Waals surface area contributed by atoms with Crippen LogP contribution in [0.4, 0.5) is 4.39 Å². The summed E-state index contributed by atoms with van der Waals surface area (Å²) in [6.07, 6.45) is 0. The van der Waals surface area contributed by atoms with Crippen LogP contribution in [-0.2, 0) is 6.54 Å². The number of halogens is 1. The summed E-state index contributed by atoms with van der Waals surface area (Å²) >= 11 is 0. The van der Waals surface area contributed by atoms with Gasteiger partial charge in [0.2, 0.25) is 0 Å². The quantitative estimate of drug-likeness (QED) is 0.626. The SMILES string of the molecule is CN=C(NCc1ccccc1C)NCC(c1cccc(F)c1)N(C)C. The number of hydrogen-bond donors (Lipinski definition) is 2. The molecule has 2 N–H and O–H groups in total. The Kier molecular flexibility index (Phi) is 6.95. The van der Waals surface area contributed by atoms with E-state index in [4.69, 9.17) is 0 Å². The van der Waals surface area contributed by atoms with Crippen molar-refractivity contribution >= 4 is 5.96 Å². The van der Waals surface area contributed by atoms with E-state index in [1.165, 1.54) is 17.2 Å². The fourth-order valence-corrected chi connectivity index (χ4v) is 2.71. The van der Waals surface area contributed by atoms with Crippen molar-refractivity contribution in [2.75, 3.05) is 27.7 Å². The average Bonchev–Trinajstić information content (AvgIpc) is 2.59. The molecule has 0 aliphatic rings. The first-order chi connectivity index (χ1) is 12.0. The summed E-state index contributed by atoms with van der Waals surface area (Å²) in [6, 6.07) is 15.0. The second-order valence-corrected chi connectivity index (χ2v) is 6.27. The molecule has 25 heavy (non-hydrogen) atoms. The molecule has 0 aliphatic heterocycles. The average molecular weight is 342 g/mol. The number of aryl methyl sites for hydroxylation is 1. The number of rotatable bonds is 6. The van der Waals surface area contributed by atoms with Crippen LogP contribution in [-0.4, -0.2) is 38.5 Å². The van der Waals surface area contributed by atoms with Crippen LogP contribution >= 0.6 is 0 Å². The van der Waals surface area contributed by atoms with E-state index in [9.17, 15) is 4.39 Å². The van der Waals surface area contributed by atoms with Crippen molar-refractivity contribution in [3.63, 3.8) is 0 Å². The normalized spacial score (nSPS) is 13.0. The molecular weight excluding hydrogens is 315 g/mol. The largest absolute Gasteiger partial charge is 0.354 e. The summed E-state index contributed by atoms with van der Waals surface area (Å²) in [5.41, 5.74) is 3.42. The maximum absolute atomic E-state index is 13.5. The van der Waals surface area contributed by atoms with Gasteiger partial charge in [-0.15, -0.1) is 0 Å². The minimum atomic E-state index is -0.216. The van der Waals surface area contributed by atoms with Crippen molar-refractivity contribution in [2.45, 2.75) is 19.5 Å². The molecule has 0 fully saturated rings. The van der Waals surface area contributed by atoms with E-state index in [2.05, 4.69) is 39.6 Å². The lowest BCUT2D eigenvalue weighted by atomic mass is 10.1. The standard InChI is InChI=1S/C20H27FN4/c1-15-8-5-6-9-17(15)13-23-20(22-2)24-14-19(25(3)4)16-10-7-11-18(21)12-16/h5-12,19H,13-14H2,1-4H3,(H2,22,23,24). The van der Waals surface area contributed by atoms with Gasteiger partial charge in [-0.3, -0.25) is 4.99 Å². The Morgan fingerprint density at radius 1 is 1.12 bits per heavy atom. The van der Waals surface area contributed by atoms with Crippen LogP contribution in [0.5, 0.6) is 0 Å². The minimum Gasteiger partial charge on any atom is -0.354 e. The van der Waals surface area contributed by atoms with Gasteiger partial charge in [-0.2, -0.15) is 0 Å². The summed E-state index contributed by atoms with van der Waals surface area (Å²) in [5.74, 6) is 0.512. The van der Waals surface area contributed by atoms with Crippen LogP contribution in [0.1, 0.15) is 22.7 Å². The maximum Gasteiger partial charge on any atom is 0.191 e. The minimum absolute atomic E-state index is 0.0488. The Balaban J connectivity index is 1.97.